The molecular weight excluding hydrogens is 229 g/mol. The lowest BCUT2D eigenvalue weighted by molar-refractivity contribution is -0.122. The molecule has 0 amide bonds. The highest BCUT2D eigenvalue weighted by Crippen LogP contribution is 2.21. The summed E-state index contributed by atoms with van der Waals surface area (Å²) in [6, 6.07) is 4.25. The SMILES string of the molecule is CC(N)C(C)C(=O)Cc1cccc(F)c1Cl. The third-order valence-electron chi connectivity index (χ3n) is 2.69. The quantitative estimate of drug-likeness (QED) is 0.883. The summed E-state index contributed by atoms with van der Waals surface area (Å²) in [4.78, 5) is 11.8. The van der Waals surface area contributed by atoms with Crippen molar-refractivity contribution in [2.45, 2.75) is 26.3 Å². The predicted molar refractivity (Wildman–Crippen MR) is 62.9 cm³/mol. The molecular formula is C12H15ClFNO. The first kappa shape index (κ1) is 13.1. The van der Waals surface area contributed by atoms with Gasteiger partial charge in [0.1, 0.15) is 11.6 Å². The molecule has 1 aromatic rings. The van der Waals surface area contributed by atoms with Gasteiger partial charge < -0.3 is 5.73 Å². The van der Waals surface area contributed by atoms with Crippen molar-refractivity contribution >= 4 is 17.4 Å². The first-order chi connectivity index (χ1) is 7.43. The minimum atomic E-state index is -0.500. The van der Waals surface area contributed by atoms with E-state index in [1.165, 1.54) is 6.07 Å². The highest BCUT2D eigenvalue weighted by molar-refractivity contribution is 6.31. The lowest BCUT2D eigenvalue weighted by Crippen LogP contribution is -2.31. The summed E-state index contributed by atoms with van der Waals surface area (Å²) in [5.41, 5.74) is 6.14. The van der Waals surface area contributed by atoms with Gasteiger partial charge in [-0.25, -0.2) is 4.39 Å². The number of Topliss-reactive ketones (excluding diaryl/α,β-unsaturated/α-hetero) is 1. The Kier molecular flexibility index (Phi) is 4.44. The number of rotatable bonds is 4. The van der Waals surface area contributed by atoms with Crippen LogP contribution in [-0.4, -0.2) is 11.8 Å². The first-order valence-corrected chi connectivity index (χ1v) is 5.52. The van der Waals surface area contributed by atoms with E-state index < -0.39 is 5.82 Å². The fourth-order valence-corrected chi connectivity index (χ4v) is 1.52. The van der Waals surface area contributed by atoms with Crippen molar-refractivity contribution in [2.75, 3.05) is 0 Å². The summed E-state index contributed by atoms with van der Waals surface area (Å²) in [6.45, 7) is 3.54. The third-order valence-corrected chi connectivity index (χ3v) is 3.12. The summed E-state index contributed by atoms with van der Waals surface area (Å²) < 4.78 is 13.1. The predicted octanol–water partition coefficient (Wildman–Crippen LogP) is 2.57. The van der Waals surface area contributed by atoms with E-state index in [2.05, 4.69) is 0 Å². The number of hydrogen-bond acceptors (Lipinski definition) is 2. The Morgan fingerprint density at radius 2 is 2.12 bits per heavy atom. The van der Waals surface area contributed by atoms with E-state index in [9.17, 15) is 9.18 Å². The standard InChI is InChI=1S/C12H15ClFNO/c1-7(8(2)15)11(16)6-9-4-3-5-10(14)12(9)13/h3-5,7-8H,6,15H2,1-2H3. The molecule has 0 aliphatic heterocycles. The molecule has 0 bridgehead atoms. The topological polar surface area (TPSA) is 43.1 Å². The van der Waals surface area contributed by atoms with Crippen molar-refractivity contribution in [1.29, 1.82) is 0 Å². The Morgan fingerprint density at radius 3 is 2.69 bits per heavy atom. The monoisotopic (exact) mass is 243 g/mol. The molecule has 88 valence electrons. The van der Waals surface area contributed by atoms with E-state index in [0.717, 1.165) is 0 Å². The largest absolute Gasteiger partial charge is 0.327 e. The van der Waals surface area contributed by atoms with Crippen molar-refractivity contribution in [3.63, 3.8) is 0 Å². The Hall–Kier alpha value is -0.930. The van der Waals surface area contributed by atoms with Gasteiger partial charge >= 0.3 is 0 Å². The molecule has 0 saturated heterocycles. The summed E-state index contributed by atoms with van der Waals surface area (Å²) in [5, 5.41) is 0.0210. The van der Waals surface area contributed by atoms with Crippen LogP contribution < -0.4 is 5.73 Å². The number of hydrogen-bond donors (Lipinski definition) is 1. The molecule has 0 aliphatic rings. The molecule has 2 nitrogen and oxygen atoms in total. The zero-order valence-electron chi connectivity index (χ0n) is 9.34. The number of nitrogens with two attached hydrogens (primary N) is 1. The van der Waals surface area contributed by atoms with Gasteiger partial charge in [0.25, 0.3) is 0 Å². The highest BCUT2D eigenvalue weighted by Gasteiger charge is 2.18. The van der Waals surface area contributed by atoms with Crippen LogP contribution in [0.25, 0.3) is 0 Å². The van der Waals surface area contributed by atoms with Crippen LogP contribution in [0, 0.1) is 11.7 Å². The van der Waals surface area contributed by atoms with Crippen LogP contribution in [0.2, 0.25) is 5.02 Å². The van der Waals surface area contributed by atoms with Crippen molar-refractivity contribution < 1.29 is 9.18 Å². The maximum Gasteiger partial charge on any atom is 0.142 e. The zero-order valence-corrected chi connectivity index (χ0v) is 10.1. The molecule has 4 heteroatoms. The van der Waals surface area contributed by atoms with Crippen LogP contribution in [-0.2, 0) is 11.2 Å². The number of carbonyl (C=O) groups excluding carboxylic acids is 1. The molecule has 0 fully saturated rings. The summed E-state index contributed by atoms with van der Waals surface area (Å²) in [7, 11) is 0. The minimum absolute atomic E-state index is 0.0210. The maximum absolute atomic E-state index is 13.1. The van der Waals surface area contributed by atoms with E-state index in [-0.39, 0.29) is 29.2 Å². The number of ketones is 1. The van der Waals surface area contributed by atoms with Gasteiger partial charge in [0.15, 0.2) is 0 Å². The number of halogens is 2. The summed E-state index contributed by atoms with van der Waals surface area (Å²) in [6.07, 6.45) is 0.124. The van der Waals surface area contributed by atoms with Gasteiger partial charge in [-0.3, -0.25) is 4.79 Å². The second kappa shape index (κ2) is 5.41. The highest BCUT2D eigenvalue weighted by atomic mass is 35.5. The van der Waals surface area contributed by atoms with Crippen molar-refractivity contribution in [2.24, 2.45) is 11.7 Å². The van der Waals surface area contributed by atoms with Gasteiger partial charge in [-0.2, -0.15) is 0 Å². The summed E-state index contributed by atoms with van der Waals surface area (Å²) >= 11 is 5.76. The lowest BCUT2D eigenvalue weighted by atomic mass is 9.94. The van der Waals surface area contributed by atoms with Gasteiger partial charge in [-0.05, 0) is 18.6 Å². The average Bonchev–Trinajstić information content (AvgIpc) is 2.23. The van der Waals surface area contributed by atoms with Crippen LogP contribution in [0.4, 0.5) is 4.39 Å². The Labute approximate surface area is 99.6 Å². The van der Waals surface area contributed by atoms with Gasteiger partial charge in [0, 0.05) is 18.4 Å². The third kappa shape index (κ3) is 3.03. The van der Waals surface area contributed by atoms with Crippen LogP contribution >= 0.6 is 11.6 Å². The molecule has 0 spiro atoms. The fourth-order valence-electron chi connectivity index (χ4n) is 1.33. The molecule has 0 saturated carbocycles. The van der Waals surface area contributed by atoms with Crippen LogP contribution in [0.3, 0.4) is 0 Å². The summed E-state index contributed by atoms with van der Waals surface area (Å²) in [5.74, 6) is -0.776. The second-order valence-electron chi connectivity index (χ2n) is 4.00. The molecule has 2 unspecified atom stereocenters. The zero-order chi connectivity index (χ0) is 12.3. The van der Waals surface area contributed by atoms with E-state index in [1.54, 1.807) is 26.0 Å². The number of carbonyl (C=O) groups is 1. The minimum Gasteiger partial charge on any atom is -0.327 e. The molecule has 1 rings (SSSR count). The van der Waals surface area contributed by atoms with E-state index in [0.29, 0.717) is 5.56 Å². The Balaban J connectivity index is 2.81. The maximum atomic E-state index is 13.1. The molecule has 0 radical (unpaired) electrons. The fraction of sp³-hybridized carbons (Fsp3) is 0.417. The second-order valence-corrected chi connectivity index (χ2v) is 4.38. The molecule has 2 N–H and O–H groups in total. The van der Waals surface area contributed by atoms with E-state index in [4.69, 9.17) is 17.3 Å². The average molecular weight is 244 g/mol. The Morgan fingerprint density at radius 1 is 1.50 bits per heavy atom. The van der Waals surface area contributed by atoms with Crippen LogP contribution in [0.15, 0.2) is 18.2 Å². The molecule has 1 aromatic carbocycles. The molecule has 0 aromatic heterocycles. The number of benzene rings is 1. The molecule has 0 heterocycles. The van der Waals surface area contributed by atoms with Gasteiger partial charge in [-0.1, -0.05) is 30.7 Å². The normalized spacial score (nSPS) is 14.6. The van der Waals surface area contributed by atoms with E-state index in [1.807, 2.05) is 0 Å². The Bertz CT molecular complexity index is 393. The molecule has 2 atom stereocenters. The van der Waals surface area contributed by atoms with Gasteiger partial charge in [0.05, 0.1) is 5.02 Å². The van der Waals surface area contributed by atoms with Crippen LogP contribution in [0.1, 0.15) is 19.4 Å². The lowest BCUT2D eigenvalue weighted by Gasteiger charge is -2.14. The van der Waals surface area contributed by atoms with Crippen LogP contribution in [0.5, 0.6) is 0 Å². The van der Waals surface area contributed by atoms with Gasteiger partial charge in [-0.15, -0.1) is 0 Å². The smallest absolute Gasteiger partial charge is 0.142 e. The van der Waals surface area contributed by atoms with Crippen molar-refractivity contribution in [3.8, 4) is 0 Å². The molecule has 16 heavy (non-hydrogen) atoms. The van der Waals surface area contributed by atoms with Crippen molar-refractivity contribution in [3.05, 3.63) is 34.6 Å². The molecule has 0 aliphatic carbocycles. The van der Waals surface area contributed by atoms with Gasteiger partial charge in [0.2, 0.25) is 0 Å². The van der Waals surface area contributed by atoms with Crippen molar-refractivity contribution in [1.82, 2.24) is 0 Å². The van der Waals surface area contributed by atoms with E-state index >= 15 is 0 Å². The first-order valence-electron chi connectivity index (χ1n) is 5.14.